The number of anilines is 1. The number of amides is 1. The van der Waals surface area contributed by atoms with Crippen LogP contribution in [-0.4, -0.2) is 61.5 Å². The van der Waals surface area contributed by atoms with Crippen molar-refractivity contribution < 1.29 is 4.79 Å². The standard InChI is InChI=1S/C19H28N4O/c1-15-7-5-8-18(16(15)2)23-13-11-22(12-14-23)17(3)19(24)21(4)10-6-9-20/h5,7-8,17H,6,10-14H2,1-4H3. The van der Waals surface area contributed by atoms with Crippen LogP contribution in [0.3, 0.4) is 0 Å². The molecule has 1 aliphatic heterocycles. The van der Waals surface area contributed by atoms with Crippen molar-refractivity contribution in [1.29, 1.82) is 5.26 Å². The maximum atomic E-state index is 12.5. The van der Waals surface area contributed by atoms with Gasteiger partial charge in [-0.3, -0.25) is 9.69 Å². The van der Waals surface area contributed by atoms with Crippen LogP contribution < -0.4 is 4.90 Å². The molecule has 0 saturated carbocycles. The van der Waals surface area contributed by atoms with Crippen molar-refractivity contribution in [2.75, 3.05) is 44.7 Å². The summed E-state index contributed by atoms with van der Waals surface area (Å²) in [6, 6.07) is 8.40. The minimum absolute atomic E-state index is 0.102. The number of aryl methyl sites for hydroxylation is 1. The fourth-order valence-electron chi connectivity index (χ4n) is 3.23. The van der Waals surface area contributed by atoms with E-state index >= 15 is 0 Å². The van der Waals surface area contributed by atoms with E-state index in [-0.39, 0.29) is 11.9 Å². The molecule has 1 aromatic carbocycles. The van der Waals surface area contributed by atoms with Crippen molar-refractivity contribution in [1.82, 2.24) is 9.80 Å². The fraction of sp³-hybridized carbons (Fsp3) is 0.579. The number of rotatable bonds is 5. The average molecular weight is 328 g/mol. The van der Waals surface area contributed by atoms with Gasteiger partial charge in [-0.15, -0.1) is 0 Å². The quantitative estimate of drug-likeness (QED) is 0.831. The van der Waals surface area contributed by atoms with Gasteiger partial charge < -0.3 is 9.80 Å². The number of carbonyl (C=O) groups is 1. The molecule has 1 unspecified atom stereocenters. The van der Waals surface area contributed by atoms with Gasteiger partial charge in [-0.1, -0.05) is 12.1 Å². The number of hydrogen-bond donors (Lipinski definition) is 0. The van der Waals surface area contributed by atoms with Crippen LogP contribution in [0.5, 0.6) is 0 Å². The topological polar surface area (TPSA) is 50.6 Å². The van der Waals surface area contributed by atoms with E-state index in [0.717, 1.165) is 26.2 Å². The molecule has 2 rings (SSSR count). The number of piperazine rings is 1. The van der Waals surface area contributed by atoms with E-state index in [0.29, 0.717) is 13.0 Å². The number of likely N-dealkylation sites (N-methyl/N-ethyl adjacent to an activating group) is 1. The molecule has 0 N–H and O–H groups in total. The summed E-state index contributed by atoms with van der Waals surface area (Å²) >= 11 is 0. The Morgan fingerprint density at radius 3 is 2.58 bits per heavy atom. The lowest BCUT2D eigenvalue weighted by molar-refractivity contribution is -0.135. The van der Waals surface area contributed by atoms with Crippen LogP contribution in [-0.2, 0) is 4.79 Å². The molecule has 1 aromatic rings. The second kappa shape index (κ2) is 8.16. The van der Waals surface area contributed by atoms with E-state index in [1.807, 2.05) is 6.92 Å². The Balaban J connectivity index is 1.93. The van der Waals surface area contributed by atoms with Gasteiger partial charge in [0.25, 0.3) is 0 Å². The van der Waals surface area contributed by atoms with E-state index < -0.39 is 0 Å². The van der Waals surface area contributed by atoms with E-state index in [1.165, 1.54) is 16.8 Å². The van der Waals surface area contributed by atoms with Gasteiger partial charge in [0.2, 0.25) is 5.91 Å². The molecule has 0 radical (unpaired) electrons. The van der Waals surface area contributed by atoms with Gasteiger partial charge in [0, 0.05) is 45.5 Å². The molecule has 1 saturated heterocycles. The summed E-state index contributed by atoms with van der Waals surface area (Å²) in [6.07, 6.45) is 0.384. The normalized spacial score (nSPS) is 16.5. The van der Waals surface area contributed by atoms with Crippen molar-refractivity contribution in [2.24, 2.45) is 0 Å². The molecule has 0 bridgehead atoms. The maximum Gasteiger partial charge on any atom is 0.239 e. The SMILES string of the molecule is Cc1cccc(N2CCN(C(C)C(=O)N(C)CCC#N)CC2)c1C. The Labute approximate surface area is 145 Å². The molecule has 1 fully saturated rings. The highest BCUT2D eigenvalue weighted by Crippen LogP contribution is 2.24. The zero-order valence-corrected chi connectivity index (χ0v) is 15.2. The van der Waals surface area contributed by atoms with Crippen molar-refractivity contribution in [3.63, 3.8) is 0 Å². The summed E-state index contributed by atoms with van der Waals surface area (Å²) in [5, 5.41) is 8.66. The molecule has 24 heavy (non-hydrogen) atoms. The van der Waals surface area contributed by atoms with E-state index in [4.69, 9.17) is 5.26 Å². The molecule has 1 aliphatic rings. The molecule has 130 valence electrons. The minimum Gasteiger partial charge on any atom is -0.369 e. The van der Waals surface area contributed by atoms with Crippen molar-refractivity contribution in [2.45, 2.75) is 33.2 Å². The third-order valence-corrected chi connectivity index (χ3v) is 5.07. The predicted molar refractivity (Wildman–Crippen MR) is 97.0 cm³/mol. The lowest BCUT2D eigenvalue weighted by Gasteiger charge is -2.40. The monoisotopic (exact) mass is 328 g/mol. The van der Waals surface area contributed by atoms with Crippen molar-refractivity contribution in [3.05, 3.63) is 29.3 Å². The number of nitriles is 1. The summed E-state index contributed by atoms with van der Waals surface area (Å²) in [4.78, 5) is 18.8. The van der Waals surface area contributed by atoms with Crippen LogP contribution in [0, 0.1) is 25.2 Å². The lowest BCUT2D eigenvalue weighted by atomic mass is 10.1. The molecular weight excluding hydrogens is 300 g/mol. The Kier molecular flexibility index (Phi) is 6.22. The van der Waals surface area contributed by atoms with Crippen LogP contribution in [0.2, 0.25) is 0 Å². The molecular formula is C19H28N4O. The molecule has 1 amide bonds. The molecule has 0 aromatic heterocycles. The third kappa shape index (κ3) is 4.07. The highest BCUT2D eigenvalue weighted by molar-refractivity contribution is 5.81. The Morgan fingerprint density at radius 2 is 1.96 bits per heavy atom. The Morgan fingerprint density at radius 1 is 1.29 bits per heavy atom. The van der Waals surface area contributed by atoms with Gasteiger partial charge in [-0.25, -0.2) is 0 Å². The first-order valence-electron chi connectivity index (χ1n) is 8.63. The summed E-state index contributed by atoms with van der Waals surface area (Å²) in [5.41, 5.74) is 3.96. The van der Waals surface area contributed by atoms with Crippen molar-refractivity contribution in [3.8, 4) is 6.07 Å². The smallest absolute Gasteiger partial charge is 0.239 e. The highest BCUT2D eigenvalue weighted by Gasteiger charge is 2.27. The van der Waals surface area contributed by atoms with Crippen LogP contribution >= 0.6 is 0 Å². The largest absolute Gasteiger partial charge is 0.369 e. The van der Waals surface area contributed by atoms with Crippen LogP contribution in [0.1, 0.15) is 24.5 Å². The van der Waals surface area contributed by atoms with Gasteiger partial charge in [0.05, 0.1) is 18.5 Å². The third-order valence-electron chi connectivity index (χ3n) is 5.07. The minimum atomic E-state index is -0.130. The predicted octanol–water partition coefficient (Wildman–Crippen LogP) is 2.19. The molecule has 1 heterocycles. The zero-order chi connectivity index (χ0) is 17.7. The average Bonchev–Trinajstić information content (AvgIpc) is 2.61. The van der Waals surface area contributed by atoms with Gasteiger partial charge in [0.15, 0.2) is 0 Å². The molecule has 5 heteroatoms. The van der Waals surface area contributed by atoms with Crippen molar-refractivity contribution >= 4 is 11.6 Å². The van der Waals surface area contributed by atoms with E-state index in [2.05, 4.69) is 47.9 Å². The summed E-state index contributed by atoms with van der Waals surface area (Å²) in [7, 11) is 1.78. The van der Waals surface area contributed by atoms with Crippen LogP contribution in [0.4, 0.5) is 5.69 Å². The molecule has 0 spiro atoms. The number of benzene rings is 1. The first-order chi connectivity index (χ1) is 11.5. The van der Waals surface area contributed by atoms with Gasteiger partial charge in [-0.05, 0) is 38.0 Å². The van der Waals surface area contributed by atoms with Gasteiger partial charge in [0.1, 0.15) is 0 Å². The molecule has 0 aliphatic carbocycles. The second-order valence-electron chi connectivity index (χ2n) is 6.59. The number of nitrogens with zero attached hydrogens (tertiary/aromatic N) is 4. The summed E-state index contributed by atoms with van der Waals surface area (Å²) < 4.78 is 0. The summed E-state index contributed by atoms with van der Waals surface area (Å²) in [5.74, 6) is 0.102. The van der Waals surface area contributed by atoms with Gasteiger partial charge in [-0.2, -0.15) is 5.26 Å². The highest BCUT2D eigenvalue weighted by atomic mass is 16.2. The van der Waals surface area contributed by atoms with Crippen LogP contribution in [0.25, 0.3) is 0 Å². The summed E-state index contributed by atoms with van der Waals surface area (Å²) in [6.45, 7) is 10.4. The number of hydrogen-bond acceptors (Lipinski definition) is 4. The van der Waals surface area contributed by atoms with E-state index in [9.17, 15) is 4.79 Å². The zero-order valence-electron chi connectivity index (χ0n) is 15.2. The first kappa shape index (κ1) is 18.3. The maximum absolute atomic E-state index is 12.5. The number of carbonyl (C=O) groups excluding carboxylic acids is 1. The van der Waals surface area contributed by atoms with Crippen LogP contribution in [0.15, 0.2) is 18.2 Å². The second-order valence-corrected chi connectivity index (χ2v) is 6.59. The van der Waals surface area contributed by atoms with E-state index in [1.54, 1.807) is 11.9 Å². The molecule has 5 nitrogen and oxygen atoms in total. The lowest BCUT2D eigenvalue weighted by Crippen LogP contribution is -2.54. The Bertz CT molecular complexity index is 614. The first-order valence-corrected chi connectivity index (χ1v) is 8.63. The molecule has 1 atom stereocenters. The van der Waals surface area contributed by atoms with Gasteiger partial charge >= 0.3 is 0 Å². The fourth-order valence-corrected chi connectivity index (χ4v) is 3.23. The Hall–Kier alpha value is -2.06.